The standard InChI is InChI=1S/C19H21N5O5S.C2HF3O2/c20-16(21)11-1-3-13(4-2-11)29-18(28)14-9-23-19(30-14)24-7-5-12(6-8-24)17(27)22-10-15(25)26;3-2(4,5)1(6)7/h1-4,9,12H,5-8,10H2,(H3,20,21)(H,22,27)(H,25,26);(H,6,7). The Morgan fingerprint density at radius 1 is 1.16 bits per heavy atom. The van der Waals surface area contributed by atoms with Crippen LogP contribution in [0.15, 0.2) is 30.5 Å². The van der Waals surface area contributed by atoms with E-state index in [1.807, 2.05) is 4.90 Å². The van der Waals surface area contributed by atoms with Crippen LogP contribution in [0.2, 0.25) is 0 Å². The van der Waals surface area contributed by atoms with Crippen LogP contribution in [0.25, 0.3) is 0 Å². The Labute approximate surface area is 211 Å². The first-order chi connectivity index (χ1) is 17.3. The number of halogens is 3. The molecule has 0 spiro atoms. The monoisotopic (exact) mass is 545 g/mol. The molecule has 2 heterocycles. The Morgan fingerprint density at radius 2 is 1.73 bits per heavy atom. The molecule has 1 aromatic heterocycles. The molecule has 0 aliphatic carbocycles. The summed E-state index contributed by atoms with van der Waals surface area (Å²) in [4.78, 5) is 50.4. The number of thiazole rings is 1. The van der Waals surface area contributed by atoms with Crippen LogP contribution in [0.1, 0.15) is 28.1 Å². The number of ether oxygens (including phenoxy) is 1. The first-order valence-electron chi connectivity index (χ1n) is 10.4. The zero-order valence-electron chi connectivity index (χ0n) is 18.9. The molecular formula is C21H22F3N5O7S. The number of alkyl halides is 3. The van der Waals surface area contributed by atoms with Crippen molar-refractivity contribution < 1.29 is 47.3 Å². The third-order valence-electron chi connectivity index (χ3n) is 4.86. The molecule has 2 aromatic rings. The van der Waals surface area contributed by atoms with E-state index in [4.69, 9.17) is 30.9 Å². The Kier molecular flexibility index (Phi) is 9.93. The van der Waals surface area contributed by atoms with Gasteiger partial charge in [-0.2, -0.15) is 13.2 Å². The van der Waals surface area contributed by atoms with E-state index in [0.29, 0.717) is 47.3 Å². The maximum absolute atomic E-state index is 12.4. The van der Waals surface area contributed by atoms with Crippen LogP contribution in [-0.4, -0.2) is 70.7 Å². The summed E-state index contributed by atoms with van der Waals surface area (Å²) in [5.41, 5.74) is 5.94. The van der Waals surface area contributed by atoms with E-state index in [-0.39, 0.29) is 24.2 Å². The number of benzene rings is 1. The first kappa shape index (κ1) is 29.0. The second-order valence-corrected chi connectivity index (χ2v) is 8.52. The van der Waals surface area contributed by atoms with E-state index < -0.39 is 24.1 Å². The van der Waals surface area contributed by atoms with Crippen molar-refractivity contribution in [2.24, 2.45) is 11.7 Å². The number of esters is 1. The highest BCUT2D eigenvalue weighted by Crippen LogP contribution is 2.28. The number of carbonyl (C=O) groups excluding carboxylic acids is 2. The Balaban J connectivity index is 0.000000604. The van der Waals surface area contributed by atoms with Gasteiger partial charge in [-0.3, -0.25) is 15.0 Å². The molecule has 0 atom stereocenters. The number of carboxylic acids is 2. The van der Waals surface area contributed by atoms with Crippen molar-refractivity contribution in [3.63, 3.8) is 0 Å². The predicted molar refractivity (Wildman–Crippen MR) is 124 cm³/mol. The fraction of sp³-hybridized carbons (Fsp3) is 0.333. The average molecular weight is 545 g/mol. The number of aliphatic carboxylic acids is 2. The van der Waals surface area contributed by atoms with Crippen LogP contribution >= 0.6 is 11.3 Å². The fourth-order valence-corrected chi connectivity index (χ4v) is 3.85. The average Bonchev–Trinajstić information content (AvgIpc) is 3.33. The third-order valence-corrected chi connectivity index (χ3v) is 5.90. The molecule has 1 aliphatic rings. The second kappa shape index (κ2) is 12.7. The number of nitrogens with zero attached hydrogens (tertiary/aromatic N) is 2. The highest BCUT2D eigenvalue weighted by molar-refractivity contribution is 7.17. The van der Waals surface area contributed by atoms with Crippen molar-refractivity contribution in [3.8, 4) is 5.75 Å². The van der Waals surface area contributed by atoms with Gasteiger partial charge in [-0.15, -0.1) is 0 Å². The van der Waals surface area contributed by atoms with Gasteiger partial charge < -0.3 is 30.9 Å². The number of nitrogens with two attached hydrogens (primary N) is 1. The molecule has 16 heteroatoms. The summed E-state index contributed by atoms with van der Waals surface area (Å²) in [6.45, 7) is 0.786. The second-order valence-electron chi connectivity index (χ2n) is 7.51. The Morgan fingerprint density at radius 3 is 2.22 bits per heavy atom. The largest absolute Gasteiger partial charge is 0.490 e. The fourth-order valence-electron chi connectivity index (χ4n) is 3.01. The SMILES string of the molecule is N=C(N)c1ccc(OC(=O)c2cnc(N3CCC(C(=O)NCC(=O)O)CC3)s2)cc1.O=C(O)C(F)(F)F. The number of rotatable bonds is 7. The summed E-state index contributed by atoms with van der Waals surface area (Å²) in [5.74, 6) is -4.57. The maximum atomic E-state index is 12.4. The van der Waals surface area contributed by atoms with Gasteiger partial charge in [-0.25, -0.2) is 14.6 Å². The molecule has 1 aromatic carbocycles. The van der Waals surface area contributed by atoms with E-state index in [0.717, 1.165) is 0 Å². The van der Waals surface area contributed by atoms with Gasteiger partial charge in [-0.05, 0) is 37.1 Å². The minimum absolute atomic E-state index is 0.0666. The zero-order chi connectivity index (χ0) is 27.8. The molecular weight excluding hydrogens is 523 g/mol. The lowest BCUT2D eigenvalue weighted by molar-refractivity contribution is -0.192. The molecule has 0 radical (unpaired) electrons. The summed E-state index contributed by atoms with van der Waals surface area (Å²) < 4.78 is 37.1. The maximum Gasteiger partial charge on any atom is 0.490 e. The number of carbonyl (C=O) groups is 4. The smallest absolute Gasteiger partial charge is 0.480 e. The van der Waals surface area contributed by atoms with E-state index in [1.54, 1.807) is 24.3 Å². The Hall–Kier alpha value is -4.21. The predicted octanol–water partition coefficient (Wildman–Crippen LogP) is 1.70. The van der Waals surface area contributed by atoms with E-state index in [2.05, 4.69) is 10.3 Å². The van der Waals surface area contributed by atoms with Gasteiger partial charge in [-0.1, -0.05) is 11.3 Å². The third kappa shape index (κ3) is 9.06. The molecule has 6 N–H and O–H groups in total. The highest BCUT2D eigenvalue weighted by atomic mass is 32.1. The lowest BCUT2D eigenvalue weighted by Gasteiger charge is -2.30. The number of nitrogens with one attached hydrogen (secondary N) is 2. The highest BCUT2D eigenvalue weighted by Gasteiger charge is 2.38. The molecule has 0 bridgehead atoms. The summed E-state index contributed by atoms with van der Waals surface area (Å²) in [6, 6.07) is 6.33. The van der Waals surface area contributed by atoms with Crippen molar-refractivity contribution in [2.75, 3.05) is 24.5 Å². The number of amidine groups is 1. The molecule has 0 unspecified atom stereocenters. The minimum Gasteiger partial charge on any atom is -0.480 e. The number of nitrogen functional groups attached to an aromatic ring is 1. The topological polar surface area (TPSA) is 196 Å². The Bertz CT molecular complexity index is 1150. The number of hydrogen-bond acceptors (Lipinski definition) is 9. The van der Waals surface area contributed by atoms with Crippen LogP contribution in [0.3, 0.4) is 0 Å². The molecule has 37 heavy (non-hydrogen) atoms. The van der Waals surface area contributed by atoms with Crippen molar-refractivity contribution in [2.45, 2.75) is 19.0 Å². The molecule has 0 saturated carbocycles. The van der Waals surface area contributed by atoms with Gasteiger partial charge in [0.25, 0.3) is 0 Å². The number of anilines is 1. The van der Waals surface area contributed by atoms with Crippen molar-refractivity contribution in [3.05, 3.63) is 40.9 Å². The van der Waals surface area contributed by atoms with Gasteiger partial charge in [0.05, 0.1) is 6.20 Å². The molecule has 1 aliphatic heterocycles. The lowest BCUT2D eigenvalue weighted by Crippen LogP contribution is -2.41. The molecule has 1 fully saturated rings. The minimum atomic E-state index is -5.08. The summed E-state index contributed by atoms with van der Waals surface area (Å²) in [6.07, 6.45) is -2.47. The van der Waals surface area contributed by atoms with E-state index in [1.165, 1.54) is 17.5 Å². The van der Waals surface area contributed by atoms with Crippen molar-refractivity contribution >= 4 is 46.1 Å². The van der Waals surface area contributed by atoms with Crippen LogP contribution < -0.4 is 20.7 Å². The van der Waals surface area contributed by atoms with E-state index >= 15 is 0 Å². The molecule has 3 rings (SSSR count). The lowest BCUT2D eigenvalue weighted by atomic mass is 9.96. The van der Waals surface area contributed by atoms with Crippen LogP contribution in [0.4, 0.5) is 18.3 Å². The molecule has 1 amide bonds. The van der Waals surface area contributed by atoms with Crippen molar-refractivity contribution in [1.29, 1.82) is 5.41 Å². The van der Waals surface area contributed by atoms with Crippen LogP contribution in [-0.2, 0) is 14.4 Å². The summed E-state index contributed by atoms with van der Waals surface area (Å²) in [5, 5.41) is 26.2. The molecule has 12 nitrogen and oxygen atoms in total. The number of amides is 1. The van der Waals surface area contributed by atoms with Gasteiger partial charge in [0.1, 0.15) is 23.0 Å². The normalized spacial score (nSPS) is 13.6. The van der Waals surface area contributed by atoms with Crippen molar-refractivity contribution in [1.82, 2.24) is 10.3 Å². The number of hydrogen-bond donors (Lipinski definition) is 5. The van der Waals surface area contributed by atoms with Crippen LogP contribution in [0, 0.1) is 11.3 Å². The van der Waals surface area contributed by atoms with E-state index in [9.17, 15) is 27.6 Å². The number of carboxylic acid groups (broad SMARTS) is 2. The number of aromatic nitrogens is 1. The summed E-state index contributed by atoms with van der Waals surface area (Å²) in [7, 11) is 0. The van der Waals surface area contributed by atoms with Crippen LogP contribution in [0.5, 0.6) is 5.75 Å². The zero-order valence-corrected chi connectivity index (χ0v) is 19.8. The molecule has 200 valence electrons. The first-order valence-corrected chi connectivity index (χ1v) is 11.3. The van der Waals surface area contributed by atoms with Gasteiger partial charge >= 0.3 is 24.1 Å². The van der Waals surface area contributed by atoms with Gasteiger partial charge in [0.15, 0.2) is 5.13 Å². The van der Waals surface area contributed by atoms with Gasteiger partial charge in [0.2, 0.25) is 5.91 Å². The molecule has 1 saturated heterocycles. The van der Waals surface area contributed by atoms with Gasteiger partial charge in [0, 0.05) is 24.6 Å². The summed E-state index contributed by atoms with van der Waals surface area (Å²) >= 11 is 1.21. The quantitative estimate of drug-likeness (QED) is 0.148. The number of piperidine rings is 1.